The summed E-state index contributed by atoms with van der Waals surface area (Å²) in [5, 5.41) is 11.9. The molecule has 0 bridgehead atoms. The molecule has 1 saturated heterocycles. The van der Waals surface area contributed by atoms with E-state index in [1.54, 1.807) is 11.8 Å². The SMILES string of the molecule is Cc1ccc(NC(=O)N2CCC(C(=O)O)C2C)c(Br)c1. The Balaban J connectivity index is 2.07. The fourth-order valence-electron chi connectivity index (χ4n) is 2.47. The second-order valence-electron chi connectivity index (χ2n) is 5.08. The zero-order chi connectivity index (χ0) is 14.9. The number of amides is 2. The normalized spacial score (nSPS) is 21.9. The lowest BCUT2D eigenvalue weighted by Crippen LogP contribution is -2.40. The number of rotatable bonds is 2. The number of carboxylic acids is 1. The second kappa shape index (κ2) is 5.83. The van der Waals surface area contributed by atoms with Gasteiger partial charge in [0.1, 0.15) is 0 Å². The van der Waals surface area contributed by atoms with Crippen LogP contribution in [0.5, 0.6) is 0 Å². The standard InChI is InChI=1S/C14H17BrN2O3/c1-8-3-4-12(11(15)7-8)16-14(20)17-6-5-10(9(17)2)13(18)19/h3-4,7,9-10H,5-6H2,1-2H3,(H,16,20)(H,18,19). The first-order chi connectivity index (χ1) is 9.40. The number of hydrogen-bond donors (Lipinski definition) is 2. The number of halogens is 1. The van der Waals surface area contributed by atoms with Gasteiger partial charge in [0.15, 0.2) is 0 Å². The smallest absolute Gasteiger partial charge is 0.322 e. The third-order valence-corrected chi connectivity index (χ3v) is 4.36. The molecule has 2 amide bonds. The van der Waals surface area contributed by atoms with Crippen LogP contribution in [0, 0.1) is 12.8 Å². The van der Waals surface area contributed by atoms with Crippen molar-refractivity contribution in [3.05, 3.63) is 28.2 Å². The Morgan fingerprint density at radius 1 is 1.45 bits per heavy atom. The number of nitrogens with one attached hydrogen (secondary N) is 1. The van der Waals surface area contributed by atoms with Crippen molar-refractivity contribution in [2.24, 2.45) is 5.92 Å². The number of carbonyl (C=O) groups excluding carboxylic acids is 1. The first-order valence-corrected chi connectivity index (χ1v) is 7.26. The van der Waals surface area contributed by atoms with Crippen LogP contribution in [0.25, 0.3) is 0 Å². The molecule has 108 valence electrons. The molecule has 2 unspecified atom stereocenters. The second-order valence-corrected chi connectivity index (χ2v) is 5.94. The van der Waals surface area contributed by atoms with Gasteiger partial charge in [-0.05, 0) is 53.9 Å². The van der Waals surface area contributed by atoms with E-state index in [2.05, 4.69) is 21.2 Å². The summed E-state index contributed by atoms with van der Waals surface area (Å²) in [6.07, 6.45) is 0.499. The number of anilines is 1. The first kappa shape index (κ1) is 14.8. The summed E-state index contributed by atoms with van der Waals surface area (Å²) >= 11 is 3.41. The molecular weight excluding hydrogens is 324 g/mol. The summed E-state index contributed by atoms with van der Waals surface area (Å²) in [5.74, 6) is -1.33. The van der Waals surface area contributed by atoms with E-state index in [0.29, 0.717) is 18.7 Å². The van der Waals surface area contributed by atoms with E-state index in [1.807, 2.05) is 25.1 Å². The fraction of sp³-hybridized carbons (Fsp3) is 0.429. The maximum Gasteiger partial charge on any atom is 0.322 e. The maximum atomic E-state index is 12.2. The third-order valence-electron chi connectivity index (χ3n) is 3.70. The molecule has 1 aliphatic heterocycles. The van der Waals surface area contributed by atoms with E-state index in [-0.39, 0.29) is 12.1 Å². The van der Waals surface area contributed by atoms with E-state index in [0.717, 1.165) is 10.0 Å². The van der Waals surface area contributed by atoms with Crippen LogP contribution in [0.1, 0.15) is 18.9 Å². The lowest BCUT2D eigenvalue weighted by atomic mass is 10.0. The molecule has 0 spiro atoms. The predicted octanol–water partition coefficient (Wildman–Crippen LogP) is 3.08. The highest BCUT2D eigenvalue weighted by Gasteiger charge is 2.38. The highest BCUT2D eigenvalue weighted by atomic mass is 79.9. The number of nitrogens with zero attached hydrogens (tertiary/aromatic N) is 1. The van der Waals surface area contributed by atoms with E-state index in [4.69, 9.17) is 5.11 Å². The van der Waals surface area contributed by atoms with Gasteiger partial charge in [-0.3, -0.25) is 4.79 Å². The molecule has 20 heavy (non-hydrogen) atoms. The van der Waals surface area contributed by atoms with Crippen LogP contribution in [0.15, 0.2) is 22.7 Å². The van der Waals surface area contributed by atoms with Gasteiger partial charge in [0.2, 0.25) is 0 Å². The van der Waals surface area contributed by atoms with E-state index < -0.39 is 11.9 Å². The molecule has 6 heteroatoms. The van der Waals surface area contributed by atoms with E-state index in [9.17, 15) is 9.59 Å². The highest BCUT2D eigenvalue weighted by Crippen LogP contribution is 2.27. The number of aryl methyl sites for hydroxylation is 1. The minimum Gasteiger partial charge on any atom is -0.481 e. The van der Waals surface area contributed by atoms with Crippen LogP contribution in [-0.4, -0.2) is 34.6 Å². The van der Waals surface area contributed by atoms with Crippen molar-refractivity contribution >= 4 is 33.6 Å². The molecule has 0 aliphatic carbocycles. The van der Waals surface area contributed by atoms with Crippen molar-refractivity contribution in [2.45, 2.75) is 26.3 Å². The topological polar surface area (TPSA) is 69.6 Å². The van der Waals surface area contributed by atoms with Crippen molar-refractivity contribution < 1.29 is 14.7 Å². The lowest BCUT2D eigenvalue weighted by molar-refractivity contribution is -0.142. The zero-order valence-corrected chi connectivity index (χ0v) is 13.0. The number of carbonyl (C=O) groups is 2. The molecular formula is C14H17BrN2O3. The van der Waals surface area contributed by atoms with Gasteiger partial charge in [-0.15, -0.1) is 0 Å². The number of urea groups is 1. The fourth-order valence-corrected chi connectivity index (χ4v) is 3.06. The third kappa shape index (κ3) is 2.95. The molecule has 1 aromatic rings. The van der Waals surface area contributed by atoms with Crippen molar-refractivity contribution in [3.8, 4) is 0 Å². The van der Waals surface area contributed by atoms with Gasteiger partial charge in [0, 0.05) is 17.1 Å². The largest absolute Gasteiger partial charge is 0.481 e. The highest BCUT2D eigenvalue weighted by molar-refractivity contribution is 9.10. The molecule has 1 aliphatic rings. The lowest BCUT2D eigenvalue weighted by Gasteiger charge is -2.24. The molecule has 5 nitrogen and oxygen atoms in total. The summed E-state index contributed by atoms with van der Waals surface area (Å²) < 4.78 is 0.812. The van der Waals surface area contributed by atoms with Crippen LogP contribution >= 0.6 is 15.9 Å². The zero-order valence-electron chi connectivity index (χ0n) is 11.4. The quantitative estimate of drug-likeness (QED) is 0.869. The Kier molecular flexibility index (Phi) is 4.32. The number of likely N-dealkylation sites (tertiary alicyclic amines) is 1. The molecule has 0 saturated carbocycles. The Hall–Kier alpha value is -1.56. The Morgan fingerprint density at radius 2 is 2.15 bits per heavy atom. The van der Waals surface area contributed by atoms with Crippen LogP contribution in [0.2, 0.25) is 0 Å². The van der Waals surface area contributed by atoms with Gasteiger partial charge in [0.25, 0.3) is 0 Å². The van der Waals surface area contributed by atoms with Gasteiger partial charge < -0.3 is 15.3 Å². The van der Waals surface area contributed by atoms with E-state index in [1.165, 1.54) is 0 Å². The van der Waals surface area contributed by atoms with Crippen molar-refractivity contribution in [1.82, 2.24) is 4.90 Å². The Bertz CT molecular complexity index is 547. The summed E-state index contributed by atoms with van der Waals surface area (Å²) in [6, 6.07) is 5.10. The minimum absolute atomic E-state index is 0.259. The average molecular weight is 341 g/mol. The van der Waals surface area contributed by atoms with Crippen molar-refractivity contribution in [1.29, 1.82) is 0 Å². The summed E-state index contributed by atoms with van der Waals surface area (Å²) in [7, 11) is 0. The van der Waals surface area contributed by atoms with Gasteiger partial charge >= 0.3 is 12.0 Å². The van der Waals surface area contributed by atoms with Crippen LogP contribution < -0.4 is 5.32 Å². The summed E-state index contributed by atoms with van der Waals surface area (Å²) in [4.78, 5) is 24.9. The van der Waals surface area contributed by atoms with E-state index >= 15 is 0 Å². The molecule has 0 aromatic heterocycles. The predicted molar refractivity (Wildman–Crippen MR) is 79.8 cm³/mol. The van der Waals surface area contributed by atoms with Gasteiger partial charge in [-0.25, -0.2) is 4.79 Å². The number of carboxylic acid groups (broad SMARTS) is 1. The molecule has 1 fully saturated rings. The molecule has 1 heterocycles. The molecule has 2 atom stereocenters. The van der Waals surface area contributed by atoms with Crippen molar-refractivity contribution in [3.63, 3.8) is 0 Å². The Labute approximate surface area is 126 Å². The number of hydrogen-bond acceptors (Lipinski definition) is 2. The van der Waals surface area contributed by atoms with Crippen molar-refractivity contribution in [2.75, 3.05) is 11.9 Å². The molecule has 2 N–H and O–H groups in total. The van der Waals surface area contributed by atoms with Gasteiger partial charge in [0.05, 0.1) is 11.6 Å². The van der Waals surface area contributed by atoms with Gasteiger partial charge in [-0.2, -0.15) is 0 Å². The van der Waals surface area contributed by atoms with Crippen LogP contribution in [-0.2, 0) is 4.79 Å². The summed E-state index contributed by atoms with van der Waals surface area (Å²) in [5.41, 5.74) is 1.78. The molecule has 0 radical (unpaired) electrons. The number of benzene rings is 1. The maximum absolute atomic E-state index is 12.2. The molecule has 1 aromatic carbocycles. The first-order valence-electron chi connectivity index (χ1n) is 6.46. The van der Waals surface area contributed by atoms with Crippen LogP contribution in [0.3, 0.4) is 0 Å². The van der Waals surface area contributed by atoms with Crippen LogP contribution in [0.4, 0.5) is 10.5 Å². The minimum atomic E-state index is -0.843. The monoisotopic (exact) mass is 340 g/mol. The number of aliphatic carboxylic acids is 1. The summed E-state index contributed by atoms with van der Waals surface area (Å²) in [6.45, 7) is 4.21. The Morgan fingerprint density at radius 3 is 2.70 bits per heavy atom. The average Bonchev–Trinajstić information content (AvgIpc) is 2.74. The molecule has 2 rings (SSSR count). The van der Waals surface area contributed by atoms with Gasteiger partial charge in [-0.1, -0.05) is 6.07 Å².